The van der Waals surface area contributed by atoms with E-state index in [0.717, 1.165) is 10.9 Å². The van der Waals surface area contributed by atoms with Gasteiger partial charge in [0, 0.05) is 18.3 Å². The van der Waals surface area contributed by atoms with E-state index in [9.17, 15) is 14.4 Å². The second-order valence-electron chi connectivity index (χ2n) is 6.41. The molecule has 2 amide bonds. The van der Waals surface area contributed by atoms with E-state index in [1.54, 1.807) is 13.8 Å². The van der Waals surface area contributed by atoms with Gasteiger partial charge in [-0.1, -0.05) is 18.2 Å². The third kappa shape index (κ3) is 4.33. The Morgan fingerprint density at radius 1 is 1.18 bits per heavy atom. The van der Waals surface area contributed by atoms with Gasteiger partial charge in [0.25, 0.3) is 0 Å². The van der Waals surface area contributed by atoms with Crippen molar-refractivity contribution in [2.24, 2.45) is 0 Å². The highest BCUT2D eigenvalue weighted by atomic mass is 16.5. The van der Waals surface area contributed by atoms with Crippen LogP contribution in [-0.2, 0) is 25.6 Å². The van der Waals surface area contributed by atoms with Gasteiger partial charge in [-0.3, -0.25) is 4.79 Å². The van der Waals surface area contributed by atoms with E-state index in [0.29, 0.717) is 6.54 Å². The monoisotopic (exact) mass is 385 g/mol. The van der Waals surface area contributed by atoms with Gasteiger partial charge < -0.3 is 24.7 Å². The number of carbonyl (C=O) groups is 3. The molecule has 2 heterocycles. The van der Waals surface area contributed by atoms with Crippen LogP contribution >= 0.6 is 0 Å². The van der Waals surface area contributed by atoms with E-state index >= 15 is 0 Å². The normalized spacial score (nSPS) is 16.5. The lowest BCUT2D eigenvalue weighted by atomic mass is 10.0. The topological polar surface area (TPSA) is 98.7 Å². The van der Waals surface area contributed by atoms with Crippen molar-refractivity contribution in [2.75, 3.05) is 13.2 Å². The molecule has 0 unspecified atom stereocenters. The van der Waals surface area contributed by atoms with Gasteiger partial charge in [0.2, 0.25) is 0 Å². The number of hydrogen-bond donors (Lipinski definition) is 2. The number of esters is 2. The Balaban J connectivity index is 1.62. The van der Waals surface area contributed by atoms with E-state index in [2.05, 4.69) is 10.6 Å². The lowest BCUT2D eigenvalue weighted by Crippen LogP contribution is -2.50. The molecule has 2 aromatic rings. The largest absolute Gasteiger partial charge is 0.463 e. The number of nitrogens with one attached hydrogen (secondary N) is 2. The van der Waals surface area contributed by atoms with Crippen LogP contribution in [0.25, 0.3) is 10.9 Å². The second-order valence-corrected chi connectivity index (χ2v) is 6.41. The first-order valence-electron chi connectivity index (χ1n) is 9.16. The molecular formula is C20H23N3O5. The van der Waals surface area contributed by atoms with Crippen LogP contribution in [0.2, 0.25) is 0 Å². The minimum Gasteiger partial charge on any atom is -0.463 e. The molecule has 0 aliphatic carbocycles. The number of para-hydroxylation sites is 1. The number of amides is 2. The molecule has 2 N–H and O–H groups in total. The molecule has 0 bridgehead atoms. The maximum atomic E-state index is 12.2. The Labute approximate surface area is 162 Å². The molecule has 8 nitrogen and oxygen atoms in total. The third-order valence-corrected chi connectivity index (χ3v) is 4.48. The van der Waals surface area contributed by atoms with E-state index in [4.69, 9.17) is 9.47 Å². The Morgan fingerprint density at radius 3 is 2.75 bits per heavy atom. The predicted octanol–water partition coefficient (Wildman–Crippen LogP) is 2.09. The fraction of sp³-hybridized carbons (Fsp3) is 0.350. The number of aryl methyl sites for hydroxylation is 1. The smallest absolute Gasteiger partial charge is 0.338 e. The summed E-state index contributed by atoms with van der Waals surface area (Å²) in [6.07, 6.45) is 2.09. The third-order valence-electron chi connectivity index (χ3n) is 4.48. The van der Waals surface area contributed by atoms with Gasteiger partial charge in [0.15, 0.2) is 0 Å². The van der Waals surface area contributed by atoms with E-state index in [-0.39, 0.29) is 30.9 Å². The van der Waals surface area contributed by atoms with E-state index < -0.39 is 24.0 Å². The number of urea groups is 1. The van der Waals surface area contributed by atoms with Crippen molar-refractivity contribution in [1.29, 1.82) is 0 Å². The van der Waals surface area contributed by atoms with Crippen LogP contribution in [-0.4, -0.2) is 41.8 Å². The van der Waals surface area contributed by atoms with Crippen molar-refractivity contribution in [3.8, 4) is 0 Å². The summed E-state index contributed by atoms with van der Waals surface area (Å²) in [5, 5.41) is 6.23. The van der Waals surface area contributed by atoms with Crippen molar-refractivity contribution < 1.29 is 23.9 Å². The maximum absolute atomic E-state index is 12.2. The SMILES string of the molecule is CCOC(=O)C1=C(COC(=O)CCn2ccc3ccccc32)NC(=O)N[C@@H]1C. The number of hydrogen-bond acceptors (Lipinski definition) is 5. The molecule has 28 heavy (non-hydrogen) atoms. The number of benzene rings is 1. The average Bonchev–Trinajstić information content (AvgIpc) is 3.07. The van der Waals surface area contributed by atoms with Crippen molar-refractivity contribution in [2.45, 2.75) is 32.9 Å². The van der Waals surface area contributed by atoms with Gasteiger partial charge in [-0.05, 0) is 31.4 Å². The summed E-state index contributed by atoms with van der Waals surface area (Å²) in [5.74, 6) is -0.971. The van der Waals surface area contributed by atoms with Crippen LogP contribution in [0.5, 0.6) is 0 Å². The van der Waals surface area contributed by atoms with Gasteiger partial charge in [-0.15, -0.1) is 0 Å². The van der Waals surface area contributed by atoms with Crippen LogP contribution in [0.3, 0.4) is 0 Å². The first-order valence-corrected chi connectivity index (χ1v) is 9.16. The lowest BCUT2D eigenvalue weighted by Gasteiger charge is -2.26. The second kappa shape index (κ2) is 8.60. The molecule has 0 spiro atoms. The molecule has 1 aromatic heterocycles. The van der Waals surface area contributed by atoms with Gasteiger partial charge in [-0.2, -0.15) is 0 Å². The molecule has 0 fully saturated rings. The zero-order chi connectivity index (χ0) is 20.1. The number of fused-ring (bicyclic) bond motifs is 1. The molecule has 0 saturated carbocycles. The molecule has 3 rings (SSSR count). The molecule has 8 heteroatoms. The summed E-state index contributed by atoms with van der Waals surface area (Å²) < 4.78 is 12.3. The van der Waals surface area contributed by atoms with Crippen LogP contribution in [0.4, 0.5) is 4.79 Å². The highest BCUT2D eigenvalue weighted by Gasteiger charge is 2.30. The fourth-order valence-electron chi connectivity index (χ4n) is 3.17. The maximum Gasteiger partial charge on any atom is 0.338 e. The fourth-order valence-corrected chi connectivity index (χ4v) is 3.17. The van der Waals surface area contributed by atoms with Crippen LogP contribution < -0.4 is 10.6 Å². The Bertz CT molecular complexity index is 931. The number of rotatable bonds is 7. The van der Waals surface area contributed by atoms with E-state index in [1.165, 1.54) is 0 Å². The van der Waals surface area contributed by atoms with Crippen molar-refractivity contribution in [1.82, 2.24) is 15.2 Å². The van der Waals surface area contributed by atoms with Gasteiger partial charge in [0.1, 0.15) is 6.61 Å². The summed E-state index contributed by atoms with van der Waals surface area (Å²) in [7, 11) is 0. The molecular weight excluding hydrogens is 362 g/mol. The van der Waals surface area contributed by atoms with Gasteiger partial charge in [-0.25, -0.2) is 9.59 Å². The lowest BCUT2D eigenvalue weighted by molar-refractivity contribution is -0.144. The van der Waals surface area contributed by atoms with E-state index in [1.807, 2.05) is 41.1 Å². The predicted molar refractivity (Wildman–Crippen MR) is 102 cm³/mol. The van der Waals surface area contributed by atoms with Crippen molar-refractivity contribution in [3.63, 3.8) is 0 Å². The Hall–Kier alpha value is -3.29. The quantitative estimate of drug-likeness (QED) is 0.711. The highest BCUT2D eigenvalue weighted by Crippen LogP contribution is 2.17. The summed E-state index contributed by atoms with van der Waals surface area (Å²) in [6, 6.07) is 8.91. The number of ether oxygens (including phenoxy) is 2. The van der Waals surface area contributed by atoms with Crippen LogP contribution in [0.15, 0.2) is 47.8 Å². The average molecular weight is 385 g/mol. The van der Waals surface area contributed by atoms with Crippen molar-refractivity contribution >= 4 is 28.9 Å². The zero-order valence-electron chi connectivity index (χ0n) is 15.9. The summed E-state index contributed by atoms with van der Waals surface area (Å²) in [5.41, 5.74) is 1.54. The molecule has 1 aliphatic heterocycles. The summed E-state index contributed by atoms with van der Waals surface area (Å²) in [6.45, 7) is 3.85. The Kier molecular flexibility index (Phi) is 5.98. The number of aromatic nitrogens is 1. The summed E-state index contributed by atoms with van der Waals surface area (Å²) in [4.78, 5) is 36.0. The van der Waals surface area contributed by atoms with Gasteiger partial charge in [0.05, 0.1) is 30.3 Å². The molecule has 1 aromatic carbocycles. The van der Waals surface area contributed by atoms with Crippen molar-refractivity contribution in [3.05, 3.63) is 47.8 Å². The zero-order valence-corrected chi connectivity index (χ0v) is 15.9. The van der Waals surface area contributed by atoms with Crippen LogP contribution in [0.1, 0.15) is 20.3 Å². The number of nitrogens with zero attached hydrogens (tertiary/aromatic N) is 1. The standard InChI is InChI=1S/C20H23N3O5/c1-3-27-19(25)18-13(2)21-20(26)22-15(18)12-28-17(24)9-11-23-10-8-14-6-4-5-7-16(14)23/h4-8,10,13H,3,9,11-12H2,1-2H3,(H2,21,22,26)/t13-/m1/s1. The number of carbonyl (C=O) groups excluding carboxylic acids is 3. The minimum atomic E-state index is -0.549. The highest BCUT2D eigenvalue weighted by molar-refractivity contribution is 5.94. The summed E-state index contributed by atoms with van der Waals surface area (Å²) >= 11 is 0. The molecule has 148 valence electrons. The molecule has 1 atom stereocenters. The Morgan fingerprint density at radius 2 is 1.96 bits per heavy atom. The minimum absolute atomic E-state index is 0.169. The molecule has 0 saturated heterocycles. The molecule has 1 aliphatic rings. The first kappa shape index (κ1) is 19.5. The first-order chi connectivity index (χ1) is 13.5. The van der Waals surface area contributed by atoms with Crippen LogP contribution in [0, 0.1) is 0 Å². The van der Waals surface area contributed by atoms with Gasteiger partial charge >= 0.3 is 18.0 Å². The molecule has 0 radical (unpaired) electrons.